The van der Waals surface area contributed by atoms with Crippen LogP contribution in [0.1, 0.15) is 101 Å². The van der Waals surface area contributed by atoms with E-state index in [-0.39, 0.29) is 25.7 Å². The fourth-order valence-corrected chi connectivity index (χ4v) is 8.11. The van der Waals surface area contributed by atoms with Crippen molar-refractivity contribution >= 4 is 35.8 Å². The highest BCUT2D eigenvalue weighted by molar-refractivity contribution is 5.89. The first kappa shape index (κ1) is 36.4. The zero-order valence-corrected chi connectivity index (χ0v) is 28.7. The van der Waals surface area contributed by atoms with Gasteiger partial charge in [0.05, 0.1) is 5.41 Å². The van der Waals surface area contributed by atoms with E-state index in [4.69, 9.17) is 33.2 Å². The number of hydrogen-bond acceptors (Lipinski definition) is 13. The summed E-state index contributed by atoms with van der Waals surface area (Å²) in [5.74, 6) is -5.35. The summed E-state index contributed by atoms with van der Waals surface area (Å²) in [6, 6.07) is 0. The van der Waals surface area contributed by atoms with Crippen molar-refractivity contribution in [3.8, 4) is 0 Å². The van der Waals surface area contributed by atoms with Crippen LogP contribution in [0.25, 0.3) is 0 Å². The first-order chi connectivity index (χ1) is 22.0. The van der Waals surface area contributed by atoms with E-state index in [1.807, 2.05) is 13.8 Å². The van der Waals surface area contributed by atoms with Crippen LogP contribution in [0.4, 0.5) is 0 Å². The predicted octanol–water partition coefficient (Wildman–Crippen LogP) is 3.67. The number of epoxide rings is 1. The van der Waals surface area contributed by atoms with Gasteiger partial charge >= 0.3 is 35.8 Å². The molecule has 2 aliphatic heterocycles. The molecule has 1 saturated carbocycles. The number of carbonyl (C=O) groups excluding carboxylic acids is 6. The lowest BCUT2D eigenvalue weighted by Gasteiger charge is -2.57. The van der Waals surface area contributed by atoms with E-state index in [1.54, 1.807) is 33.8 Å². The van der Waals surface area contributed by atoms with Gasteiger partial charge in [-0.05, 0) is 32.8 Å². The molecule has 2 aliphatic carbocycles. The van der Waals surface area contributed by atoms with Crippen LogP contribution in [0.2, 0.25) is 0 Å². The monoisotopic (exact) mass is 664 g/mol. The van der Waals surface area contributed by atoms with E-state index >= 15 is 0 Å². The molecule has 1 spiro atoms. The van der Waals surface area contributed by atoms with E-state index < -0.39 is 101 Å². The average molecular weight is 665 g/mol. The molecule has 4 rings (SSSR count). The highest BCUT2D eigenvalue weighted by atomic mass is 16.7. The Morgan fingerprint density at radius 1 is 0.830 bits per heavy atom. The molecule has 4 aliphatic rings. The van der Waals surface area contributed by atoms with Gasteiger partial charge in [-0.2, -0.15) is 0 Å². The van der Waals surface area contributed by atoms with Crippen molar-refractivity contribution in [2.75, 3.05) is 0 Å². The Bertz CT molecular complexity index is 1320. The predicted molar refractivity (Wildman–Crippen MR) is 162 cm³/mol. The van der Waals surface area contributed by atoms with Crippen molar-refractivity contribution in [2.24, 2.45) is 17.3 Å². The largest absolute Gasteiger partial charge is 0.462 e. The molecule has 13 nitrogen and oxygen atoms in total. The summed E-state index contributed by atoms with van der Waals surface area (Å²) in [5, 5.41) is 0. The summed E-state index contributed by atoms with van der Waals surface area (Å²) in [6.07, 6.45) is -3.61. The third-order valence-corrected chi connectivity index (χ3v) is 10.2. The van der Waals surface area contributed by atoms with Crippen molar-refractivity contribution in [1.82, 2.24) is 0 Å². The maximum Gasteiger partial charge on any atom is 0.342 e. The summed E-state index contributed by atoms with van der Waals surface area (Å²) in [4.78, 5) is 77.9. The van der Waals surface area contributed by atoms with E-state index in [2.05, 4.69) is 0 Å². The zero-order chi connectivity index (χ0) is 35.1. The first-order valence-electron chi connectivity index (χ1n) is 16.4. The summed E-state index contributed by atoms with van der Waals surface area (Å²) in [7, 11) is 0. The summed E-state index contributed by atoms with van der Waals surface area (Å²) in [5.41, 5.74) is -3.89. The first-order valence-corrected chi connectivity index (χ1v) is 16.4. The minimum atomic E-state index is -1.53. The van der Waals surface area contributed by atoms with Crippen LogP contribution in [0.5, 0.6) is 0 Å². The molecule has 0 radical (unpaired) electrons. The molecule has 3 fully saturated rings. The summed E-state index contributed by atoms with van der Waals surface area (Å²) >= 11 is 0. The number of fused-ring (bicyclic) bond motifs is 1. The van der Waals surface area contributed by atoms with Crippen molar-refractivity contribution in [3.63, 3.8) is 0 Å². The van der Waals surface area contributed by atoms with Gasteiger partial charge in [0, 0.05) is 58.3 Å². The Morgan fingerprint density at radius 2 is 1.36 bits per heavy atom. The molecule has 0 aromatic carbocycles. The second-order valence-corrected chi connectivity index (χ2v) is 13.7. The van der Waals surface area contributed by atoms with Gasteiger partial charge in [0.15, 0.2) is 17.3 Å². The van der Waals surface area contributed by atoms with Crippen molar-refractivity contribution in [3.05, 3.63) is 11.6 Å². The quantitative estimate of drug-likeness (QED) is 0.152. The number of esters is 6. The Kier molecular flexibility index (Phi) is 10.5. The molecular weight excluding hydrogens is 616 g/mol. The number of ether oxygens (including phenoxy) is 7. The van der Waals surface area contributed by atoms with Crippen LogP contribution < -0.4 is 0 Å². The third kappa shape index (κ3) is 6.51. The van der Waals surface area contributed by atoms with E-state index in [0.29, 0.717) is 18.4 Å². The molecule has 0 bridgehead atoms. The standard InChI is InChI=1S/C34H48O13/c1-10-12-26(38)44-22-16-24(41-19(5)35)32(8)28(18(22)4)30(43-21(7)37)34-25(46-31(40)33(34,9)47-34)15-17(3)14-23(29(32)42-20(6)36)45-27(39)13-11-2/h15,18,22-25,28-30H,10-14,16H2,1-9H3/b17-15-/t18-,22-,23-,24-,25-,28+,29+,30+,32-,33-,34-/m0/s1. The van der Waals surface area contributed by atoms with Gasteiger partial charge in [-0.3, -0.25) is 24.0 Å². The minimum absolute atomic E-state index is 0.00217. The number of rotatable bonds is 9. The molecule has 13 heteroatoms. The maximum atomic E-state index is 13.3. The highest BCUT2D eigenvalue weighted by Gasteiger charge is 2.87. The maximum absolute atomic E-state index is 13.3. The zero-order valence-electron chi connectivity index (χ0n) is 28.7. The lowest BCUT2D eigenvalue weighted by molar-refractivity contribution is -0.248. The summed E-state index contributed by atoms with van der Waals surface area (Å²) < 4.78 is 42.4. The third-order valence-electron chi connectivity index (χ3n) is 10.2. The molecule has 0 N–H and O–H groups in total. The number of carbonyl (C=O) groups is 6. The van der Waals surface area contributed by atoms with Gasteiger partial charge in [0.25, 0.3) is 0 Å². The van der Waals surface area contributed by atoms with E-state index in [0.717, 1.165) is 0 Å². The smallest absolute Gasteiger partial charge is 0.342 e. The van der Waals surface area contributed by atoms with Gasteiger partial charge in [-0.15, -0.1) is 0 Å². The number of hydrogen-bond donors (Lipinski definition) is 0. The molecule has 2 saturated heterocycles. The van der Waals surface area contributed by atoms with Crippen LogP contribution in [-0.4, -0.2) is 83.6 Å². The Morgan fingerprint density at radius 3 is 1.87 bits per heavy atom. The van der Waals surface area contributed by atoms with Gasteiger partial charge in [-0.1, -0.05) is 33.3 Å². The van der Waals surface area contributed by atoms with Gasteiger partial charge < -0.3 is 33.2 Å². The molecule has 0 aromatic rings. The Balaban J connectivity index is 2.06. The molecule has 0 amide bonds. The topological polar surface area (TPSA) is 170 Å². The molecule has 47 heavy (non-hydrogen) atoms. The Labute approximate surface area is 275 Å². The lowest BCUT2D eigenvalue weighted by Crippen LogP contribution is -2.68. The summed E-state index contributed by atoms with van der Waals surface area (Å²) in [6.45, 7) is 14.2. The highest BCUT2D eigenvalue weighted by Crippen LogP contribution is 2.66. The van der Waals surface area contributed by atoms with Gasteiger partial charge in [0.2, 0.25) is 0 Å². The molecular formula is C34H48O13. The second kappa shape index (κ2) is 13.6. The molecule has 11 atom stereocenters. The van der Waals surface area contributed by atoms with Gasteiger partial charge in [0.1, 0.15) is 30.5 Å². The van der Waals surface area contributed by atoms with Crippen LogP contribution in [0.15, 0.2) is 11.6 Å². The van der Waals surface area contributed by atoms with Crippen LogP contribution in [0, 0.1) is 17.3 Å². The Hall–Kier alpha value is -3.48. The van der Waals surface area contributed by atoms with Gasteiger partial charge in [-0.25, -0.2) is 4.79 Å². The van der Waals surface area contributed by atoms with Crippen molar-refractivity contribution in [2.45, 2.75) is 149 Å². The molecule has 0 aromatic heterocycles. The molecule has 2 heterocycles. The van der Waals surface area contributed by atoms with Crippen LogP contribution in [0.3, 0.4) is 0 Å². The fraction of sp³-hybridized carbons (Fsp3) is 0.765. The fourth-order valence-electron chi connectivity index (χ4n) is 8.11. The average Bonchev–Trinajstić information content (AvgIpc) is 3.54. The van der Waals surface area contributed by atoms with Crippen molar-refractivity contribution in [1.29, 1.82) is 0 Å². The second-order valence-electron chi connectivity index (χ2n) is 13.7. The lowest BCUT2D eigenvalue weighted by atomic mass is 9.52. The molecule has 0 unspecified atom stereocenters. The minimum Gasteiger partial charge on any atom is -0.462 e. The SMILES string of the molecule is CCCC(=O)O[C@H]1C[C@H](OC(C)=O)[C@@]2(C)[C@H]([C@H]1C)[C@@H](OC(C)=O)[C@]13O[C@@]1(C)C(=O)O[C@H]3/C=C(/C)C[C@H](OC(=O)CCC)[C@H]2OC(C)=O. The van der Waals surface area contributed by atoms with Crippen molar-refractivity contribution < 1.29 is 61.9 Å². The van der Waals surface area contributed by atoms with Crippen LogP contribution >= 0.6 is 0 Å². The van der Waals surface area contributed by atoms with E-state index in [9.17, 15) is 28.8 Å². The molecule has 262 valence electrons. The van der Waals surface area contributed by atoms with Crippen LogP contribution in [-0.2, 0) is 61.9 Å². The van der Waals surface area contributed by atoms with E-state index in [1.165, 1.54) is 20.8 Å². The normalized spacial score (nSPS) is 40.1.